The maximum atomic E-state index is 12.4. The van der Waals surface area contributed by atoms with E-state index in [2.05, 4.69) is 0 Å². The highest BCUT2D eigenvalue weighted by Gasteiger charge is 2.29. The molecule has 0 atom stereocenters. The van der Waals surface area contributed by atoms with Crippen molar-refractivity contribution >= 4 is 47.1 Å². The number of aliphatic carboxylic acids is 1. The van der Waals surface area contributed by atoms with Crippen molar-refractivity contribution in [2.45, 2.75) is 0 Å². The summed E-state index contributed by atoms with van der Waals surface area (Å²) in [5.41, 5.74) is 1.80. The molecule has 2 aromatic rings. The lowest BCUT2D eigenvalue weighted by atomic mass is 10.1. The lowest BCUT2D eigenvalue weighted by molar-refractivity contribution is -0.131. The van der Waals surface area contributed by atoms with Crippen LogP contribution in [0.4, 0.5) is 0 Å². The molecule has 1 aliphatic heterocycles. The molecule has 1 N–H and O–H groups in total. The summed E-state index contributed by atoms with van der Waals surface area (Å²) in [5, 5.41) is 9.25. The van der Waals surface area contributed by atoms with Gasteiger partial charge in [0.05, 0.1) is 10.6 Å². The molecule has 0 saturated carbocycles. The first kappa shape index (κ1) is 16.3. The number of carbonyl (C=O) groups excluding carboxylic acids is 1. The highest BCUT2D eigenvalue weighted by molar-refractivity contribution is 6.37. The third-order valence-electron chi connectivity index (χ3n) is 3.34. The van der Waals surface area contributed by atoms with Crippen molar-refractivity contribution in [3.63, 3.8) is 0 Å². The molecule has 0 aromatic heterocycles. The van der Waals surface area contributed by atoms with E-state index in [1.807, 2.05) is 0 Å². The van der Waals surface area contributed by atoms with Crippen molar-refractivity contribution in [1.82, 2.24) is 0 Å². The number of hydrogen-bond donors (Lipinski definition) is 1. The predicted octanol–water partition coefficient (Wildman–Crippen LogP) is 4.71. The molecular formula is C18H10Cl2O4. The number of hydrogen-bond acceptors (Lipinski definition) is 3. The molecule has 0 spiro atoms. The molecule has 24 heavy (non-hydrogen) atoms. The number of benzene rings is 2. The van der Waals surface area contributed by atoms with Crippen LogP contribution in [-0.2, 0) is 4.79 Å². The second kappa shape index (κ2) is 6.51. The number of rotatable bonds is 3. The average molecular weight is 361 g/mol. The second-order valence-corrected chi connectivity index (χ2v) is 5.89. The largest absolute Gasteiger partial charge is 0.478 e. The van der Waals surface area contributed by atoms with Crippen molar-refractivity contribution in [2.24, 2.45) is 0 Å². The molecule has 2 aromatic carbocycles. The zero-order valence-electron chi connectivity index (χ0n) is 12.1. The van der Waals surface area contributed by atoms with Crippen molar-refractivity contribution in [3.05, 3.63) is 75.0 Å². The number of ketones is 1. The van der Waals surface area contributed by atoms with E-state index in [4.69, 9.17) is 33.0 Å². The van der Waals surface area contributed by atoms with E-state index < -0.39 is 5.97 Å². The maximum Gasteiger partial charge on any atom is 0.328 e. The van der Waals surface area contributed by atoms with Gasteiger partial charge in [0, 0.05) is 11.1 Å². The molecule has 1 aliphatic rings. The van der Waals surface area contributed by atoms with Crippen LogP contribution in [0.5, 0.6) is 5.75 Å². The Balaban J connectivity index is 1.87. The first-order valence-corrected chi connectivity index (χ1v) is 7.64. The number of Topliss-reactive ketones (excluding diaryl/α,β-unsaturated/α-hetero) is 1. The van der Waals surface area contributed by atoms with Crippen LogP contribution in [0.15, 0.2) is 48.2 Å². The highest BCUT2D eigenvalue weighted by Crippen LogP contribution is 2.40. The molecule has 6 heteroatoms. The van der Waals surface area contributed by atoms with Gasteiger partial charge < -0.3 is 9.84 Å². The van der Waals surface area contributed by atoms with Gasteiger partial charge in [-0.1, -0.05) is 47.5 Å². The summed E-state index contributed by atoms with van der Waals surface area (Å²) in [5.74, 6) is -0.843. The van der Waals surface area contributed by atoms with Crippen molar-refractivity contribution in [3.8, 4) is 5.75 Å². The molecule has 120 valence electrons. The van der Waals surface area contributed by atoms with Gasteiger partial charge in [0.1, 0.15) is 0 Å². The highest BCUT2D eigenvalue weighted by atomic mass is 35.5. The third-order valence-corrected chi connectivity index (χ3v) is 3.84. The maximum absolute atomic E-state index is 12.4. The molecule has 0 aliphatic carbocycles. The summed E-state index contributed by atoms with van der Waals surface area (Å²) in [6.45, 7) is 0. The van der Waals surface area contributed by atoms with Gasteiger partial charge >= 0.3 is 5.97 Å². The van der Waals surface area contributed by atoms with Crippen LogP contribution in [-0.4, -0.2) is 16.9 Å². The minimum Gasteiger partial charge on any atom is -0.478 e. The van der Waals surface area contributed by atoms with E-state index in [0.29, 0.717) is 16.3 Å². The van der Waals surface area contributed by atoms with Crippen molar-refractivity contribution < 1.29 is 19.4 Å². The second-order valence-electron chi connectivity index (χ2n) is 5.04. The van der Waals surface area contributed by atoms with E-state index >= 15 is 0 Å². The van der Waals surface area contributed by atoms with Gasteiger partial charge in [-0.3, -0.25) is 4.79 Å². The van der Waals surface area contributed by atoms with Gasteiger partial charge in [0.15, 0.2) is 11.5 Å². The van der Waals surface area contributed by atoms with Gasteiger partial charge in [-0.15, -0.1) is 0 Å². The number of carbonyl (C=O) groups is 2. The zero-order chi connectivity index (χ0) is 17.3. The summed E-state index contributed by atoms with van der Waals surface area (Å²) < 4.78 is 5.55. The summed E-state index contributed by atoms with van der Waals surface area (Å²) in [4.78, 5) is 22.9. The Bertz CT molecular complexity index is 896. The molecule has 4 nitrogen and oxygen atoms in total. The number of fused-ring (bicyclic) bond motifs is 1. The summed E-state index contributed by atoms with van der Waals surface area (Å²) >= 11 is 12.0. The molecule has 0 saturated heterocycles. The Morgan fingerprint density at radius 3 is 2.42 bits per heavy atom. The van der Waals surface area contributed by atoms with Gasteiger partial charge in [-0.25, -0.2) is 4.79 Å². The van der Waals surface area contributed by atoms with Gasteiger partial charge in [0.25, 0.3) is 0 Å². The van der Waals surface area contributed by atoms with Gasteiger partial charge in [-0.2, -0.15) is 0 Å². The third kappa shape index (κ3) is 3.35. The minimum atomic E-state index is -1.01. The van der Waals surface area contributed by atoms with Crippen LogP contribution in [0, 0.1) is 0 Å². The fourth-order valence-corrected chi connectivity index (χ4v) is 2.77. The Morgan fingerprint density at radius 2 is 1.75 bits per heavy atom. The Hall–Kier alpha value is -2.56. The lowest BCUT2D eigenvalue weighted by Crippen LogP contribution is -1.98. The Labute approximate surface area is 147 Å². The average Bonchev–Trinajstić information content (AvgIpc) is 2.84. The molecule has 0 bridgehead atoms. The van der Waals surface area contributed by atoms with Crippen LogP contribution in [0.25, 0.3) is 12.2 Å². The van der Waals surface area contributed by atoms with E-state index in [9.17, 15) is 9.59 Å². The van der Waals surface area contributed by atoms with Crippen molar-refractivity contribution in [1.29, 1.82) is 0 Å². The van der Waals surface area contributed by atoms with Gasteiger partial charge in [0.2, 0.25) is 5.78 Å². The van der Waals surface area contributed by atoms with Crippen molar-refractivity contribution in [2.75, 3.05) is 0 Å². The van der Waals surface area contributed by atoms with Crippen LogP contribution >= 0.6 is 23.2 Å². The SMILES string of the molecule is O=C(O)/C=C/c1ccc(/C=C2\Oc3c(Cl)cc(Cl)cc3C2=O)cc1. The fourth-order valence-electron chi connectivity index (χ4n) is 2.24. The normalized spacial score (nSPS) is 14.9. The molecule has 0 fully saturated rings. The molecular weight excluding hydrogens is 351 g/mol. The number of ether oxygens (including phenoxy) is 1. The van der Waals surface area contributed by atoms with E-state index in [-0.39, 0.29) is 16.6 Å². The molecule has 0 amide bonds. The van der Waals surface area contributed by atoms with Crippen LogP contribution in [0.1, 0.15) is 21.5 Å². The molecule has 0 unspecified atom stereocenters. The molecule has 3 rings (SSSR count). The van der Waals surface area contributed by atoms with Crippen LogP contribution in [0.2, 0.25) is 10.0 Å². The first-order valence-electron chi connectivity index (χ1n) is 6.88. The number of carboxylic acids is 1. The summed E-state index contributed by atoms with van der Waals surface area (Å²) in [6.07, 6.45) is 4.13. The van der Waals surface area contributed by atoms with Crippen LogP contribution in [0.3, 0.4) is 0 Å². The summed E-state index contributed by atoms with van der Waals surface area (Å²) in [6, 6.07) is 10.0. The summed E-state index contributed by atoms with van der Waals surface area (Å²) in [7, 11) is 0. The number of halogens is 2. The topological polar surface area (TPSA) is 63.6 Å². The zero-order valence-corrected chi connectivity index (χ0v) is 13.6. The number of carboxylic acid groups (broad SMARTS) is 1. The Kier molecular flexibility index (Phi) is 4.42. The van der Waals surface area contributed by atoms with E-state index in [1.165, 1.54) is 18.2 Å². The minimum absolute atomic E-state index is 0.156. The van der Waals surface area contributed by atoms with Crippen LogP contribution < -0.4 is 4.74 Å². The quantitative estimate of drug-likeness (QED) is 0.805. The fraction of sp³-hybridized carbons (Fsp3) is 0. The standard InChI is InChI=1S/C18H10Cl2O4/c19-12-8-13-17(23)15(24-18(13)14(20)9-12)7-11-3-1-10(2-4-11)5-6-16(21)22/h1-9H,(H,21,22)/b6-5+,15-7-. The number of allylic oxidation sites excluding steroid dienone is 1. The first-order chi connectivity index (χ1) is 11.4. The lowest BCUT2D eigenvalue weighted by Gasteiger charge is -2.01. The van der Waals surface area contributed by atoms with E-state index in [0.717, 1.165) is 17.2 Å². The van der Waals surface area contributed by atoms with E-state index in [1.54, 1.807) is 30.3 Å². The monoisotopic (exact) mass is 360 g/mol. The van der Waals surface area contributed by atoms with Gasteiger partial charge in [-0.05, 0) is 35.4 Å². The molecule has 1 heterocycles. The smallest absolute Gasteiger partial charge is 0.328 e. The molecule has 0 radical (unpaired) electrons. The Morgan fingerprint density at radius 1 is 1.08 bits per heavy atom. The predicted molar refractivity (Wildman–Crippen MR) is 92.5 cm³/mol.